The number of esters is 1. The smallest absolute Gasteiger partial charge is 0.310 e. The summed E-state index contributed by atoms with van der Waals surface area (Å²) in [4.78, 5) is 13.6. The largest absolute Gasteiger partial charge is 0.458 e. The minimum absolute atomic E-state index is 0.000591. The van der Waals surface area contributed by atoms with Gasteiger partial charge in [-0.2, -0.15) is 0 Å². The molecule has 0 aromatic carbocycles. The van der Waals surface area contributed by atoms with Gasteiger partial charge in [0.25, 0.3) is 0 Å². The number of ether oxygens (including phenoxy) is 1. The summed E-state index contributed by atoms with van der Waals surface area (Å²) in [6.45, 7) is 17.7. The molecule has 0 amide bonds. The molecule has 0 radical (unpaired) electrons. The normalized spacial score (nSPS) is 42.0. The van der Waals surface area contributed by atoms with Crippen LogP contribution in [0.15, 0.2) is 0 Å². The molecule has 0 saturated heterocycles. The first-order valence-electron chi connectivity index (χ1n) is 11.6. The topological polar surface area (TPSA) is 46.5 Å². The molecule has 0 spiro atoms. The Bertz CT molecular complexity index is 584. The highest BCUT2D eigenvalue weighted by molar-refractivity contribution is 5.74. The average molecular weight is 393 g/mol. The van der Waals surface area contributed by atoms with Gasteiger partial charge in [0.2, 0.25) is 0 Å². The molecule has 0 aromatic rings. The van der Waals surface area contributed by atoms with Gasteiger partial charge in [0.15, 0.2) is 0 Å². The molecule has 3 nitrogen and oxygen atoms in total. The highest BCUT2D eigenvalue weighted by Gasteiger charge is 2.60. The van der Waals surface area contributed by atoms with E-state index in [1.807, 2.05) is 0 Å². The molecule has 0 aromatic heterocycles. The fourth-order valence-corrected chi connectivity index (χ4v) is 6.83. The zero-order chi connectivity index (χ0) is 21.1. The van der Waals surface area contributed by atoms with Crippen molar-refractivity contribution in [2.24, 2.45) is 46.3 Å². The predicted molar refractivity (Wildman–Crippen MR) is 114 cm³/mol. The second-order valence-electron chi connectivity index (χ2n) is 12.9. The van der Waals surface area contributed by atoms with Crippen molar-refractivity contribution in [1.29, 1.82) is 0 Å². The van der Waals surface area contributed by atoms with Crippen molar-refractivity contribution in [2.75, 3.05) is 0 Å². The van der Waals surface area contributed by atoms with Crippen molar-refractivity contribution < 1.29 is 14.6 Å². The van der Waals surface area contributed by atoms with Crippen molar-refractivity contribution in [1.82, 2.24) is 0 Å². The lowest BCUT2D eigenvalue weighted by Gasteiger charge is -2.60. The van der Waals surface area contributed by atoms with Crippen LogP contribution in [-0.4, -0.2) is 22.8 Å². The van der Waals surface area contributed by atoms with E-state index in [2.05, 4.69) is 55.4 Å². The van der Waals surface area contributed by atoms with Crippen LogP contribution in [0.5, 0.6) is 0 Å². The molecule has 162 valence electrons. The molecule has 8 unspecified atom stereocenters. The third kappa shape index (κ3) is 4.16. The SMILES string of the molecule is CC1CC2C(O)CC3CC(C)C(OC(=O)C(CC(C)(C)C)C(C)(C)C)(C1)C2C3. The van der Waals surface area contributed by atoms with Crippen LogP contribution in [0, 0.1) is 46.3 Å². The number of carbonyl (C=O) groups excluding carboxylic acids is 1. The minimum Gasteiger partial charge on any atom is -0.458 e. The third-order valence-electron chi connectivity index (χ3n) is 8.10. The van der Waals surface area contributed by atoms with Crippen LogP contribution >= 0.6 is 0 Å². The van der Waals surface area contributed by atoms with Crippen LogP contribution in [0.1, 0.15) is 93.9 Å². The quantitative estimate of drug-likeness (QED) is 0.614. The fraction of sp³-hybridized carbons (Fsp3) is 0.960. The lowest BCUT2D eigenvalue weighted by Crippen LogP contribution is -2.62. The van der Waals surface area contributed by atoms with E-state index in [4.69, 9.17) is 4.74 Å². The summed E-state index contributed by atoms with van der Waals surface area (Å²) in [5, 5.41) is 10.8. The molecule has 1 N–H and O–H groups in total. The van der Waals surface area contributed by atoms with Crippen molar-refractivity contribution in [3.8, 4) is 0 Å². The zero-order valence-corrected chi connectivity index (χ0v) is 19.5. The third-order valence-corrected chi connectivity index (χ3v) is 8.10. The second kappa shape index (κ2) is 7.29. The van der Waals surface area contributed by atoms with Gasteiger partial charge >= 0.3 is 5.97 Å². The van der Waals surface area contributed by atoms with E-state index in [-0.39, 0.29) is 34.4 Å². The highest BCUT2D eigenvalue weighted by atomic mass is 16.6. The van der Waals surface area contributed by atoms with Gasteiger partial charge in [-0.05, 0) is 73.0 Å². The van der Waals surface area contributed by atoms with Crippen LogP contribution in [-0.2, 0) is 9.53 Å². The maximum Gasteiger partial charge on any atom is 0.310 e. The van der Waals surface area contributed by atoms with Crippen LogP contribution in [0.2, 0.25) is 0 Å². The molecule has 3 rings (SSSR count). The Kier molecular flexibility index (Phi) is 5.76. The fourth-order valence-electron chi connectivity index (χ4n) is 6.83. The highest BCUT2D eigenvalue weighted by Crippen LogP contribution is 2.59. The van der Waals surface area contributed by atoms with Gasteiger partial charge in [0.1, 0.15) is 5.60 Å². The summed E-state index contributed by atoms with van der Waals surface area (Å²) < 4.78 is 6.65. The Morgan fingerprint density at radius 3 is 2.29 bits per heavy atom. The molecule has 0 aliphatic heterocycles. The van der Waals surface area contributed by atoms with Gasteiger partial charge in [-0.1, -0.05) is 55.4 Å². The Morgan fingerprint density at radius 1 is 1.07 bits per heavy atom. The van der Waals surface area contributed by atoms with Crippen LogP contribution in [0.3, 0.4) is 0 Å². The van der Waals surface area contributed by atoms with Gasteiger partial charge in [-0.25, -0.2) is 0 Å². The number of aliphatic hydroxyl groups is 1. The molecule has 28 heavy (non-hydrogen) atoms. The van der Waals surface area contributed by atoms with Crippen molar-refractivity contribution in [3.63, 3.8) is 0 Å². The summed E-state index contributed by atoms with van der Waals surface area (Å²) >= 11 is 0. The maximum absolute atomic E-state index is 13.6. The van der Waals surface area contributed by atoms with Crippen molar-refractivity contribution >= 4 is 5.97 Å². The van der Waals surface area contributed by atoms with Crippen molar-refractivity contribution in [3.05, 3.63) is 0 Å². The van der Waals surface area contributed by atoms with Gasteiger partial charge < -0.3 is 9.84 Å². The summed E-state index contributed by atoms with van der Waals surface area (Å²) in [5.74, 6) is 2.01. The van der Waals surface area contributed by atoms with E-state index >= 15 is 0 Å². The zero-order valence-electron chi connectivity index (χ0n) is 19.5. The monoisotopic (exact) mass is 392 g/mol. The Morgan fingerprint density at radius 2 is 1.71 bits per heavy atom. The molecular weight excluding hydrogens is 348 g/mol. The number of aliphatic hydroxyl groups excluding tert-OH is 1. The van der Waals surface area contributed by atoms with E-state index in [0.29, 0.717) is 29.6 Å². The van der Waals surface area contributed by atoms with Gasteiger partial charge in [0.05, 0.1) is 12.0 Å². The van der Waals surface area contributed by atoms with E-state index < -0.39 is 0 Å². The molecule has 3 fully saturated rings. The number of rotatable bonds is 3. The molecule has 3 heteroatoms. The average Bonchev–Trinajstić information content (AvgIpc) is 2.51. The van der Waals surface area contributed by atoms with Gasteiger partial charge in [0, 0.05) is 5.92 Å². The Labute approximate surface area is 173 Å². The van der Waals surface area contributed by atoms with Crippen LogP contribution in [0.4, 0.5) is 0 Å². The van der Waals surface area contributed by atoms with Crippen molar-refractivity contribution in [2.45, 2.75) is 106 Å². The van der Waals surface area contributed by atoms with E-state index in [1.165, 1.54) is 0 Å². The Balaban J connectivity index is 1.91. The molecule has 3 saturated carbocycles. The molecule has 3 aliphatic rings. The lowest BCUT2D eigenvalue weighted by atomic mass is 9.49. The van der Waals surface area contributed by atoms with Crippen LogP contribution < -0.4 is 0 Å². The summed E-state index contributed by atoms with van der Waals surface area (Å²) in [6, 6.07) is 0. The number of fused-ring (bicyclic) bond motifs is 1. The molecule has 0 heterocycles. The summed E-state index contributed by atoms with van der Waals surface area (Å²) in [5.41, 5.74) is -0.409. The Hall–Kier alpha value is -0.570. The van der Waals surface area contributed by atoms with E-state index in [1.54, 1.807) is 0 Å². The number of hydrogen-bond acceptors (Lipinski definition) is 3. The first-order chi connectivity index (χ1) is 12.7. The van der Waals surface area contributed by atoms with Gasteiger partial charge in [-0.15, -0.1) is 0 Å². The van der Waals surface area contributed by atoms with Gasteiger partial charge in [-0.3, -0.25) is 4.79 Å². The van der Waals surface area contributed by atoms with E-state index in [9.17, 15) is 9.90 Å². The minimum atomic E-state index is -0.376. The standard InChI is InChI=1S/C25H44O3/c1-15-9-18-19-11-17(12-21(18)26)10-16(2)25(19,13-15)28-22(27)20(24(6,7)8)14-23(3,4)5/h15-21,26H,9-14H2,1-8H3. The first kappa shape index (κ1) is 22.1. The first-order valence-corrected chi connectivity index (χ1v) is 11.6. The lowest BCUT2D eigenvalue weighted by molar-refractivity contribution is -0.229. The molecular formula is C25H44O3. The second-order valence-corrected chi connectivity index (χ2v) is 12.9. The predicted octanol–water partition coefficient (Wildman–Crippen LogP) is 5.84. The molecule has 2 bridgehead atoms. The molecule has 8 atom stereocenters. The van der Waals surface area contributed by atoms with Crippen LogP contribution in [0.25, 0.3) is 0 Å². The van der Waals surface area contributed by atoms with E-state index in [0.717, 1.165) is 38.5 Å². The summed E-state index contributed by atoms with van der Waals surface area (Å²) in [6.07, 6.45) is 5.82. The number of carbonyl (C=O) groups is 1. The molecule has 3 aliphatic carbocycles. The maximum atomic E-state index is 13.6. The number of hydrogen-bond donors (Lipinski definition) is 1. The summed E-state index contributed by atoms with van der Waals surface area (Å²) in [7, 11) is 0.